The van der Waals surface area contributed by atoms with Crippen LogP contribution in [0, 0.1) is 11.3 Å². The van der Waals surface area contributed by atoms with Crippen LogP contribution in [0.25, 0.3) is 0 Å². The van der Waals surface area contributed by atoms with Crippen molar-refractivity contribution in [3.8, 4) is 6.07 Å². The second-order valence-electron chi connectivity index (χ2n) is 7.14. The maximum atomic E-state index is 9.31. The number of nitriles is 1. The van der Waals surface area contributed by atoms with Crippen molar-refractivity contribution in [3.05, 3.63) is 33.6 Å². The van der Waals surface area contributed by atoms with E-state index < -0.39 is 5.41 Å². The van der Waals surface area contributed by atoms with E-state index in [0.717, 1.165) is 21.3 Å². The van der Waals surface area contributed by atoms with Crippen LogP contribution in [0.1, 0.15) is 48.1 Å². The van der Waals surface area contributed by atoms with Gasteiger partial charge in [-0.15, -0.1) is 22.9 Å². The first-order chi connectivity index (χ1) is 12.5. The predicted octanol–water partition coefficient (Wildman–Crippen LogP) is 4.03. The predicted molar refractivity (Wildman–Crippen MR) is 106 cm³/mol. The molecule has 1 atom stereocenters. The standard InChI is InChI=1S/C18H19ClN6S/c1-18(2,9-20)14-6-5-13(26-14)17-21-8-11(19)16(23-17)22-15-7-12(24-25-15)10-3-4-10/h5-7,10-11H,3-4,8H2,1-2H3,(H2,21,22,23,24,25). The lowest BCUT2D eigenvalue weighted by atomic mass is 9.94. The molecule has 1 aliphatic carbocycles. The van der Waals surface area contributed by atoms with E-state index in [4.69, 9.17) is 11.6 Å². The number of amidine groups is 2. The fraction of sp³-hybridized carbons (Fsp3) is 0.444. The number of nitrogens with one attached hydrogen (secondary N) is 2. The van der Waals surface area contributed by atoms with E-state index in [2.05, 4.69) is 31.6 Å². The highest BCUT2D eigenvalue weighted by Crippen LogP contribution is 2.39. The van der Waals surface area contributed by atoms with Crippen LogP contribution in [0.5, 0.6) is 0 Å². The SMILES string of the molecule is CC(C)(C#N)c1ccc(C2=NCC(Cl)C(Nc3cc(C4CC4)[nH]n3)=N2)s1. The Kier molecular flexibility index (Phi) is 4.33. The molecular formula is C18H19ClN6S. The molecule has 2 N–H and O–H groups in total. The third-order valence-corrected chi connectivity index (χ3v) is 6.27. The molecule has 0 radical (unpaired) electrons. The number of alkyl halides is 1. The summed E-state index contributed by atoms with van der Waals surface area (Å²) in [5.41, 5.74) is 0.636. The summed E-state index contributed by atoms with van der Waals surface area (Å²) in [6.45, 7) is 4.27. The Labute approximate surface area is 161 Å². The summed E-state index contributed by atoms with van der Waals surface area (Å²) >= 11 is 7.93. The maximum Gasteiger partial charge on any atom is 0.166 e. The van der Waals surface area contributed by atoms with Gasteiger partial charge < -0.3 is 5.32 Å². The van der Waals surface area contributed by atoms with Crippen LogP contribution in [0.4, 0.5) is 5.82 Å². The van der Waals surface area contributed by atoms with Crippen molar-refractivity contribution in [2.45, 2.75) is 43.4 Å². The third-order valence-electron chi connectivity index (χ3n) is 4.52. The van der Waals surface area contributed by atoms with Crippen molar-refractivity contribution in [1.29, 1.82) is 5.26 Å². The van der Waals surface area contributed by atoms with Gasteiger partial charge in [-0.25, -0.2) is 4.99 Å². The first-order valence-corrected chi connectivity index (χ1v) is 9.83. The van der Waals surface area contributed by atoms with Gasteiger partial charge in [0.25, 0.3) is 0 Å². The summed E-state index contributed by atoms with van der Waals surface area (Å²) in [6.07, 6.45) is 2.44. The van der Waals surface area contributed by atoms with Gasteiger partial charge in [-0.05, 0) is 38.8 Å². The van der Waals surface area contributed by atoms with Gasteiger partial charge >= 0.3 is 0 Å². The Morgan fingerprint density at radius 3 is 2.92 bits per heavy atom. The van der Waals surface area contributed by atoms with Crippen molar-refractivity contribution < 1.29 is 0 Å². The Bertz CT molecular complexity index is 928. The van der Waals surface area contributed by atoms with Gasteiger partial charge in [-0.3, -0.25) is 10.1 Å². The molecule has 1 saturated carbocycles. The molecule has 2 aliphatic rings. The van der Waals surface area contributed by atoms with Crippen molar-refractivity contribution >= 4 is 40.4 Å². The maximum absolute atomic E-state index is 9.31. The summed E-state index contributed by atoms with van der Waals surface area (Å²) in [5, 5.41) is 19.6. The lowest BCUT2D eigenvalue weighted by Crippen LogP contribution is -2.31. The molecule has 1 fully saturated rings. The summed E-state index contributed by atoms with van der Waals surface area (Å²) in [4.78, 5) is 11.0. The fourth-order valence-corrected chi connectivity index (χ4v) is 3.88. The van der Waals surface area contributed by atoms with Crippen molar-refractivity contribution in [2.24, 2.45) is 9.98 Å². The molecule has 3 heterocycles. The molecule has 2 aromatic rings. The van der Waals surface area contributed by atoms with Gasteiger partial charge in [0, 0.05) is 22.6 Å². The van der Waals surface area contributed by atoms with Gasteiger partial charge in [-0.2, -0.15) is 10.4 Å². The molecule has 0 amide bonds. The first-order valence-electron chi connectivity index (χ1n) is 8.57. The van der Waals surface area contributed by atoms with Gasteiger partial charge in [-0.1, -0.05) is 0 Å². The van der Waals surface area contributed by atoms with Crippen LogP contribution in [-0.4, -0.2) is 33.8 Å². The molecule has 8 heteroatoms. The average molecular weight is 387 g/mol. The number of thiophene rings is 1. The molecule has 6 nitrogen and oxygen atoms in total. The average Bonchev–Trinajstić information content (AvgIpc) is 3.16. The first kappa shape index (κ1) is 17.3. The van der Waals surface area contributed by atoms with Crippen LogP contribution < -0.4 is 5.32 Å². The highest BCUT2D eigenvalue weighted by molar-refractivity contribution is 7.14. The quantitative estimate of drug-likeness (QED) is 0.777. The minimum absolute atomic E-state index is 0.310. The lowest BCUT2D eigenvalue weighted by Gasteiger charge is -2.17. The monoisotopic (exact) mass is 386 g/mol. The summed E-state index contributed by atoms with van der Waals surface area (Å²) in [5.74, 6) is 2.64. The van der Waals surface area contributed by atoms with Gasteiger partial charge in [0.1, 0.15) is 11.2 Å². The zero-order valence-electron chi connectivity index (χ0n) is 14.6. The molecule has 0 spiro atoms. The highest BCUT2D eigenvalue weighted by atomic mass is 35.5. The number of anilines is 1. The smallest absolute Gasteiger partial charge is 0.166 e. The third kappa shape index (κ3) is 3.39. The van der Waals surface area contributed by atoms with Gasteiger partial charge in [0.2, 0.25) is 0 Å². The molecular weight excluding hydrogens is 368 g/mol. The molecule has 0 aromatic carbocycles. The number of halogens is 1. The Morgan fingerprint density at radius 2 is 2.19 bits per heavy atom. The topological polar surface area (TPSA) is 89.2 Å². The van der Waals surface area contributed by atoms with Crippen LogP contribution >= 0.6 is 22.9 Å². The molecule has 0 saturated heterocycles. The molecule has 2 aromatic heterocycles. The van der Waals surface area contributed by atoms with E-state index in [9.17, 15) is 5.26 Å². The fourth-order valence-electron chi connectivity index (χ4n) is 2.70. The number of aromatic nitrogens is 2. The van der Waals surface area contributed by atoms with Crippen molar-refractivity contribution in [3.63, 3.8) is 0 Å². The van der Waals surface area contributed by atoms with Crippen molar-refractivity contribution in [2.75, 3.05) is 11.9 Å². The van der Waals surface area contributed by atoms with E-state index in [1.54, 1.807) is 11.3 Å². The van der Waals surface area contributed by atoms with E-state index in [1.165, 1.54) is 12.8 Å². The minimum atomic E-state index is -0.522. The minimum Gasteiger partial charge on any atom is -0.326 e. The van der Waals surface area contributed by atoms with E-state index in [-0.39, 0.29) is 5.38 Å². The van der Waals surface area contributed by atoms with Crippen LogP contribution in [0.3, 0.4) is 0 Å². The number of aromatic amines is 1. The Balaban J connectivity index is 1.55. The molecule has 134 valence electrons. The number of hydrogen-bond donors (Lipinski definition) is 2. The number of rotatable bonds is 4. The summed E-state index contributed by atoms with van der Waals surface area (Å²) < 4.78 is 0. The van der Waals surface area contributed by atoms with Crippen LogP contribution in [0.2, 0.25) is 0 Å². The second kappa shape index (κ2) is 6.53. The summed E-state index contributed by atoms with van der Waals surface area (Å²) in [7, 11) is 0. The Hall–Kier alpha value is -2.17. The molecule has 1 aliphatic heterocycles. The van der Waals surface area contributed by atoms with E-state index in [1.807, 2.05) is 32.0 Å². The molecule has 4 rings (SSSR count). The lowest BCUT2D eigenvalue weighted by molar-refractivity contribution is 0.703. The zero-order valence-corrected chi connectivity index (χ0v) is 16.2. The van der Waals surface area contributed by atoms with Gasteiger partial charge in [0.15, 0.2) is 11.7 Å². The normalized spacial score (nSPS) is 20.3. The van der Waals surface area contributed by atoms with Gasteiger partial charge in [0.05, 0.1) is 22.9 Å². The highest BCUT2D eigenvalue weighted by Gasteiger charge is 2.27. The Morgan fingerprint density at radius 1 is 1.38 bits per heavy atom. The number of aliphatic imine (C=N–C) groups is 2. The van der Waals surface area contributed by atoms with Crippen LogP contribution in [0.15, 0.2) is 28.2 Å². The summed E-state index contributed by atoms with van der Waals surface area (Å²) in [6, 6.07) is 8.28. The zero-order chi connectivity index (χ0) is 18.3. The van der Waals surface area contributed by atoms with E-state index in [0.29, 0.717) is 24.1 Å². The molecule has 1 unspecified atom stereocenters. The van der Waals surface area contributed by atoms with Crippen LogP contribution in [-0.2, 0) is 5.41 Å². The van der Waals surface area contributed by atoms with E-state index >= 15 is 0 Å². The molecule has 26 heavy (non-hydrogen) atoms. The van der Waals surface area contributed by atoms with Crippen molar-refractivity contribution in [1.82, 2.24) is 10.2 Å². The molecule has 0 bridgehead atoms. The number of hydrogen-bond acceptors (Lipinski definition) is 6. The number of H-pyrrole nitrogens is 1. The largest absolute Gasteiger partial charge is 0.326 e. The number of nitrogens with zero attached hydrogens (tertiary/aromatic N) is 4. The second-order valence-corrected chi connectivity index (χ2v) is 8.75.